The number of pyridine rings is 1. The summed E-state index contributed by atoms with van der Waals surface area (Å²) in [4.78, 5) is 15.8. The summed E-state index contributed by atoms with van der Waals surface area (Å²) in [6, 6.07) is 12.4. The van der Waals surface area contributed by atoms with Crippen LogP contribution in [0.4, 0.5) is 10.1 Å². The third kappa shape index (κ3) is 4.01. The van der Waals surface area contributed by atoms with Gasteiger partial charge in [-0.25, -0.2) is 4.39 Å². The minimum Gasteiger partial charge on any atom is -0.323 e. The second-order valence-corrected chi connectivity index (χ2v) is 5.86. The molecule has 2 heterocycles. The molecular formula is C16H13FN4OS. The number of anilines is 1. The number of benzene rings is 1. The summed E-state index contributed by atoms with van der Waals surface area (Å²) in [6.45, 7) is 0. The van der Waals surface area contributed by atoms with E-state index in [0.29, 0.717) is 17.2 Å². The van der Waals surface area contributed by atoms with Crippen molar-refractivity contribution in [1.29, 1.82) is 0 Å². The maximum absolute atomic E-state index is 14.1. The number of hydrogen-bond acceptors (Lipinski definition) is 5. The van der Waals surface area contributed by atoms with Gasteiger partial charge in [-0.3, -0.25) is 9.78 Å². The number of carbonyl (C=O) groups is 1. The van der Waals surface area contributed by atoms with E-state index in [1.54, 1.807) is 36.7 Å². The van der Waals surface area contributed by atoms with Crippen molar-refractivity contribution < 1.29 is 9.18 Å². The van der Waals surface area contributed by atoms with Gasteiger partial charge in [-0.15, -0.1) is 5.10 Å². The quantitative estimate of drug-likeness (QED) is 0.937. The van der Waals surface area contributed by atoms with Crippen LogP contribution in [0.5, 0.6) is 0 Å². The number of para-hydroxylation sites is 1. The van der Waals surface area contributed by atoms with E-state index < -0.39 is 11.4 Å². The Morgan fingerprint density at radius 1 is 1.13 bits per heavy atom. The molecule has 1 N–H and O–H groups in total. The van der Waals surface area contributed by atoms with Crippen molar-refractivity contribution in [1.82, 2.24) is 4.98 Å². The molecule has 3 rings (SSSR count). The van der Waals surface area contributed by atoms with Crippen LogP contribution in [0.15, 0.2) is 65.1 Å². The molecule has 1 aromatic heterocycles. The second kappa shape index (κ2) is 7.15. The van der Waals surface area contributed by atoms with Gasteiger partial charge in [0.1, 0.15) is 5.04 Å². The lowest BCUT2D eigenvalue weighted by atomic mass is 10.1. The van der Waals surface area contributed by atoms with Gasteiger partial charge in [0.05, 0.1) is 5.71 Å². The molecule has 7 heteroatoms. The van der Waals surface area contributed by atoms with Crippen LogP contribution in [0, 0.1) is 0 Å². The summed E-state index contributed by atoms with van der Waals surface area (Å²) in [6.07, 6.45) is 3.73. The van der Waals surface area contributed by atoms with Crippen molar-refractivity contribution >= 4 is 34.1 Å². The van der Waals surface area contributed by atoms with Crippen molar-refractivity contribution in [3.8, 4) is 0 Å². The number of aromatic nitrogens is 1. The van der Waals surface area contributed by atoms with Crippen molar-refractivity contribution in [2.24, 2.45) is 10.2 Å². The van der Waals surface area contributed by atoms with Crippen LogP contribution in [0.25, 0.3) is 0 Å². The summed E-state index contributed by atoms with van der Waals surface area (Å²) in [5, 5.41) is 11.0. The molecule has 1 unspecified atom stereocenters. The highest BCUT2D eigenvalue weighted by Gasteiger charge is 2.24. The SMILES string of the molecule is O=C(Nc1ccccc1)C(F)SC1=NN=C(c2ccncc2)C1. The normalized spacial score (nSPS) is 14.8. The standard InChI is InChI=1S/C16H13FN4OS/c17-15(16(22)19-12-4-2-1-3-5-12)23-14-10-13(20-21-14)11-6-8-18-9-7-11/h1-9,15H,10H2,(H,19,22). The topological polar surface area (TPSA) is 66.7 Å². The molecule has 0 saturated heterocycles. The smallest absolute Gasteiger partial charge is 0.269 e. The monoisotopic (exact) mass is 328 g/mol. The Hall–Kier alpha value is -2.54. The van der Waals surface area contributed by atoms with Crippen LogP contribution in [0.1, 0.15) is 12.0 Å². The fourth-order valence-corrected chi connectivity index (χ4v) is 2.71. The largest absolute Gasteiger partial charge is 0.323 e. The van der Waals surface area contributed by atoms with Crippen LogP contribution >= 0.6 is 11.8 Å². The Morgan fingerprint density at radius 2 is 1.87 bits per heavy atom. The molecule has 23 heavy (non-hydrogen) atoms. The van der Waals surface area contributed by atoms with Crippen LogP contribution in [0.2, 0.25) is 0 Å². The van der Waals surface area contributed by atoms with Gasteiger partial charge in [0.15, 0.2) is 0 Å². The van der Waals surface area contributed by atoms with E-state index in [9.17, 15) is 9.18 Å². The van der Waals surface area contributed by atoms with Crippen molar-refractivity contribution in [2.45, 2.75) is 11.9 Å². The Morgan fingerprint density at radius 3 is 2.61 bits per heavy atom. The van der Waals surface area contributed by atoms with Crippen LogP contribution in [0.3, 0.4) is 0 Å². The third-order valence-corrected chi connectivity index (χ3v) is 4.02. The number of hydrogen-bond donors (Lipinski definition) is 1. The summed E-state index contributed by atoms with van der Waals surface area (Å²) >= 11 is 0.774. The number of alkyl halides is 1. The second-order valence-electron chi connectivity index (χ2n) is 4.74. The van der Waals surface area contributed by atoms with Gasteiger partial charge in [-0.05, 0) is 24.3 Å². The first-order valence-electron chi connectivity index (χ1n) is 6.93. The molecule has 0 fully saturated rings. The molecule has 0 spiro atoms. The van der Waals surface area contributed by atoms with E-state index >= 15 is 0 Å². The van der Waals surface area contributed by atoms with Gasteiger partial charge in [-0.2, -0.15) is 5.10 Å². The molecule has 116 valence electrons. The molecule has 0 aliphatic carbocycles. The number of thioether (sulfide) groups is 1. The molecule has 1 aromatic carbocycles. The summed E-state index contributed by atoms with van der Waals surface area (Å²) in [5.41, 5.74) is 0.456. The van der Waals surface area contributed by atoms with Crippen molar-refractivity contribution in [3.05, 3.63) is 60.4 Å². The summed E-state index contributed by atoms with van der Waals surface area (Å²) in [5.74, 6) is -0.707. The Balaban J connectivity index is 1.53. The predicted molar refractivity (Wildman–Crippen MR) is 90.4 cm³/mol. The number of nitrogens with zero attached hydrogens (tertiary/aromatic N) is 3. The highest BCUT2D eigenvalue weighted by Crippen LogP contribution is 2.24. The lowest BCUT2D eigenvalue weighted by molar-refractivity contribution is -0.118. The molecule has 1 amide bonds. The van der Waals surface area contributed by atoms with Gasteiger partial charge < -0.3 is 5.32 Å². The first kappa shape index (κ1) is 15.4. The highest BCUT2D eigenvalue weighted by atomic mass is 32.2. The number of rotatable bonds is 4. The molecule has 0 radical (unpaired) electrons. The zero-order valence-corrected chi connectivity index (χ0v) is 12.8. The van der Waals surface area contributed by atoms with Gasteiger partial charge in [-0.1, -0.05) is 30.0 Å². The number of nitrogens with one attached hydrogen (secondary N) is 1. The molecule has 5 nitrogen and oxygen atoms in total. The minimum absolute atomic E-state index is 0.410. The van der Waals surface area contributed by atoms with E-state index in [1.807, 2.05) is 18.2 Å². The average molecular weight is 328 g/mol. The van der Waals surface area contributed by atoms with Crippen molar-refractivity contribution in [2.75, 3.05) is 5.32 Å². The maximum atomic E-state index is 14.1. The van der Waals surface area contributed by atoms with E-state index in [2.05, 4.69) is 20.5 Å². The number of carbonyl (C=O) groups excluding carboxylic acids is 1. The minimum atomic E-state index is -1.74. The molecule has 0 bridgehead atoms. The highest BCUT2D eigenvalue weighted by molar-refractivity contribution is 8.15. The van der Waals surface area contributed by atoms with Crippen LogP contribution in [-0.2, 0) is 4.79 Å². The fraction of sp³-hybridized carbons (Fsp3) is 0.125. The Labute approximate surface area is 136 Å². The molecule has 2 aromatic rings. The summed E-state index contributed by atoms with van der Waals surface area (Å²) < 4.78 is 14.1. The molecule has 1 aliphatic heterocycles. The van der Waals surface area contributed by atoms with E-state index in [0.717, 1.165) is 23.0 Å². The molecule has 0 saturated carbocycles. The van der Waals surface area contributed by atoms with Gasteiger partial charge in [0.25, 0.3) is 5.91 Å². The Kier molecular flexibility index (Phi) is 4.77. The van der Waals surface area contributed by atoms with E-state index in [4.69, 9.17) is 0 Å². The lowest BCUT2D eigenvalue weighted by Crippen LogP contribution is -2.22. The van der Waals surface area contributed by atoms with Gasteiger partial charge in [0, 0.05) is 30.1 Å². The van der Waals surface area contributed by atoms with Crippen LogP contribution in [-0.4, -0.2) is 27.2 Å². The predicted octanol–water partition coefficient (Wildman–Crippen LogP) is 3.26. The number of halogens is 1. The fourth-order valence-electron chi connectivity index (χ4n) is 1.99. The zero-order valence-electron chi connectivity index (χ0n) is 12.0. The molecule has 1 atom stereocenters. The zero-order chi connectivity index (χ0) is 16.1. The first-order valence-corrected chi connectivity index (χ1v) is 7.81. The molecular weight excluding hydrogens is 315 g/mol. The third-order valence-electron chi connectivity index (χ3n) is 3.10. The number of amides is 1. The first-order chi connectivity index (χ1) is 11.2. The molecule has 1 aliphatic rings. The van der Waals surface area contributed by atoms with Crippen molar-refractivity contribution in [3.63, 3.8) is 0 Å². The maximum Gasteiger partial charge on any atom is 0.269 e. The van der Waals surface area contributed by atoms with Gasteiger partial charge in [0.2, 0.25) is 5.50 Å². The van der Waals surface area contributed by atoms with E-state index in [1.165, 1.54) is 0 Å². The lowest BCUT2D eigenvalue weighted by Gasteiger charge is -2.08. The van der Waals surface area contributed by atoms with E-state index in [-0.39, 0.29) is 0 Å². The van der Waals surface area contributed by atoms with Gasteiger partial charge >= 0.3 is 0 Å². The van der Waals surface area contributed by atoms with Crippen LogP contribution < -0.4 is 5.32 Å². The average Bonchev–Trinajstić information content (AvgIpc) is 3.05. The summed E-state index contributed by atoms with van der Waals surface area (Å²) in [7, 11) is 0. The Bertz CT molecular complexity index is 749.